The van der Waals surface area contributed by atoms with E-state index in [1.807, 2.05) is 18.3 Å². The Morgan fingerprint density at radius 2 is 1.94 bits per heavy atom. The third-order valence-electron chi connectivity index (χ3n) is 10.8. The van der Waals surface area contributed by atoms with Crippen molar-refractivity contribution < 1.29 is 14.6 Å². The molecule has 4 aromatic rings. The summed E-state index contributed by atoms with van der Waals surface area (Å²) in [6, 6.07) is 11.1. The van der Waals surface area contributed by atoms with Gasteiger partial charge in [-0.05, 0) is 74.9 Å². The van der Waals surface area contributed by atoms with E-state index in [1.54, 1.807) is 34.8 Å². The lowest BCUT2D eigenvalue weighted by Gasteiger charge is -2.53. The summed E-state index contributed by atoms with van der Waals surface area (Å²) in [6.45, 7) is 6.41. The average molecular weight is 651 g/mol. The smallest absolute Gasteiger partial charge is 0.276 e. The fourth-order valence-electron chi connectivity index (χ4n) is 8.07. The molecule has 48 heavy (non-hydrogen) atoms. The molecule has 3 aliphatic heterocycles. The normalized spacial score (nSPS) is 22.2. The Labute approximate surface area is 279 Å². The molecule has 250 valence electrons. The lowest BCUT2D eigenvalue weighted by atomic mass is 9.85. The van der Waals surface area contributed by atoms with Crippen LogP contribution in [0.2, 0.25) is 0 Å². The van der Waals surface area contributed by atoms with Gasteiger partial charge in [0.1, 0.15) is 17.3 Å². The third kappa shape index (κ3) is 5.01. The maximum Gasteiger partial charge on any atom is 0.276 e. The summed E-state index contributed by atoms with van der Waals surface area (Å²) in [7, 11) is 1.71. The van der Waals surface area contributed by atoms with Gasteiger partial charge in [-0.15, -0.1) is 0 Å². The highest BCUT2D eigenvalue weighted by Crippen LogP contribution is 2.38. The minimum atomic E-state index is -0.358. The lowest BCUT2D eigenvalue weighted by molar-refractivity contribution is -0.0938. The van der Waals surface area contributed by atoms with Crippen LogP contribution in [-0.2, 0) is 37.8 Å². The predicted molar refractivity (Wildman–Crippen MR) is 184 cm³/mol. The van der Waals surface area contributed by atoms with Crippen LogP contribution >= 0.6 is 0 Å². The van der Waals surface area contributed by atoms with Crippen molar-refractivity contribution >= 4 is 28.9 Å². The molecule has 0 spiro atoms. The van der Waals surface area contributed by atoms with Crippen molar-refractivity contribution in [2.24, 2.45) is 7.05 Å². The molecule has 12 heteroatoms. The van der Waals surface area contributed by atoms with Gasteiger partial charge in [0.2, 0.25) is 0 Å². The second kappa shape index (κ2) is 12.2. The number of anilines is 4. The molecule has 4 aromatic heterocycles. The maximum atomic E-state index is 13.9. The van der Waals surface area contributed by atoms with Gasteiger partial charge in [0.25, 0.3) is 11.5 Å². The summed E-state index contributed by atoms with van der Waals surface area (Å²) in [5.41, 5.74) is 6.21. The zero-order valence-corrected chi connectivity index (χ0v) is 27.5. The third-order valence-corrected chi connectivity index (χ3v) is 10.8. The van der Waals surface area contributed by atoms with E-state index in [-0.39, 0.29) is 29.7 Å². The van der Waals surface area contributed by atoms with Crippen LogP contribution < -0.4 is 26.0 Å². The number of nitrogens with one attached hydrogen (secondary N) is 2. The molecule has 12 nitrogen and oxygen atoms in total. The van der Waals surface area contributed by atoms with Crippen LogP contribution in [0.1, 0.15) is 53.5 Å². The quantitative estimate of drug-likeness (QED) is 0.276. The van der Waals surface area contributed by atoms with Gasteiger partial charge in [0, 0.05) is 75.5 Å². The number of hydrogen-bond acceptors (Lipinski definition) is 9. The number of aryl methyl sites for hydroxylation is 1. The van der Waals surface area contributed by atoms with Crippen LogP contribution in [0.15, 0.2) is 53.6 Å². The number of rotatable bonds is 7. The van der Waals surface area contributed by atoms with Gasteiger partial charge in [-0.2, -0.15) is 0 Å². The van der Waals surface area contributed by atoms with Crippen LogP contribution in [0, 0.1) is 0 Å². The fraction of sp³-hybridized carbons (Fsp3) is 0.444. The number of piperazine rings is 1. The number of aliphatic hydroxyl groups excluding tert-OH is 1. The Morgan fingerprint density at radius 1 is 1.08 bits per heavy atom. The Bertz CT molecular complexity index is 1930. The van der Waals surface area contributed by atoms with Crippen molar-refractivity contribution in [2.75, 3.05) is 47.9 Å². The first kappa shape index (κ1) is 30.8. The van der Waals surface area contributed by atoms with Crippen molar-refractivity contribution in [2.45, 2.75) is 63.8 Å². The first-order valence-electron chi connectivity index (χ1n) is 17.0. The predicted octanol–water partition coefficient (Wildman–Crippen LogP) is 3.38. The molecular weight excluding hydrogens is 608 g/mol. The van der Waals surface area contributed by atoms with E-state index in [1.165, 1.54) is 17.3 Å². The Balaban J connectivity index is 1.12. The van der Waals surface area contributed by atoms with Crippen molar-refractivity contribution in [1.29, 1.82) is 0 Å². The first-order chi connectivity index (χ1) is 23.4. The Morgan fingerprint density at radius 3 is 2.71 bits per heavy atom. The van der Waals surface area contributed by atoms with Crippen molar-refractivity contribution in [1.82, 2.24) is 24.4 Å². The number of fused-ring (bicyclic) bond motifs is 3. The molecule has 3 N–H and O–H groups in total. The van der Waals surface area contributed by atoms with Gasteiger partial charge >= 0.3 is 0 Å². The number of aromatic nitrogens is 4. The highest BCUT2D eigenvalue weighted by atomic mass is 16.5. The van der Waals surface area contributed by atoms with Crippen LogP contribution in [0.3, 0.4) is 0 Å². The molecule has 0 bridgehead atoms. The minimum absolute atomic E-state index is 0.121. The molecule has 2 saturated heterocycles. The lowest BCUT2D eigenvalue weighted by Crippen LogP contribution is -2.68. The van der Waals surface area contributed by atoms with Crippen molar-refractivity contribution in [3.63, 3.8) is 0 Å². The number of carbonyl (C=O) groups is 1. The van der Waals surface area contributed by atoms with E-state index in [9.17, 15) is 14.7 Å². The summed E-state index contributed by atoms with van der Waals surface area (Å²) in [5, 5.41) is 17.7. The summed E-state index contributed by atoms with van der Waals surface area (Å²) < 4.78 is 9.64. The van der Waals surface area contributed by atoms with E-state index in [2.05, 4.69) is 38.1 Å². The summed E-state index contributed by atoms with van der Waals surface area (Å²) in [4.78, 5) is 40.4. The zero-order chi connectivity index (χ0) is 33.0. The molecule has 4 aliphatic rings. The molecule has 2 atom stereocenters. The number of carbonyl (C=O) groups excluding carboxylic acids is 1. The van der Waals surface area contributed by atoms with E-state index in [0.29, 0.717) is 52.9 Å². The second-order valence-corrected chi connectivity index (χ2v) is 13.5. The molecule has 1 amide bonds. The van der Waals surface area contributed by atoms with Gasteiger partial charge in [0.15, 0.2) is 0 Å². The van der Waals surface area contributed by atoms with Gasteiger partial charge in [-0.25, -0.2) is 9.97 Å². The Hall–Kier alpha value is -4.52. The number of ether oxygens (including phenoxy) is 1. The zero-order valence-electron chi connectivity index (χ0n) is 27.5. The summed E-state index contributed by atoms with van der Waals surface area (Å²) in [6.07, 6.45) is 9.03. The molecule has 0 aromatic carbocycles. The number of amides is 1. The first-order valence-corrected chi connectivity index (χ1v) is 17.0. The van der Waals surface area contributed by atoms with Crippen molar-refractivity contribution in [3.8, 4) is 11.3 Å². The molecule has 2 fully saturated rings. The summed E-state index contributed by atoms with van der Waals surface area (Å²) in [5.74, 6) is 0.903. The molecule has 1 aliphatic carbocycles. The fourth-order valence-corrected chi connectivity index (χ4v) is 8.07. The Kier molecular flexibility index (Phi) is 7.81. The van der Waals surface area contributed by atoms with Crippen LogP contribution in [0.5, 0.6) is 0 Å². The second-order valence-electron chi connectivity index (χ2n) is 13.5. The van der Waals surface area contributed by atoms with E-state index >= 15 is 0 Å². The number of pyridine rings is 3. The molecule has 8 rings (SSSR count). The number of aliphatic hydroxyl groups is 1. The van der Waals surface area contributed by atoms with E-state index in [0.717, 1.165) is 64.0 Å². The van der Waals surface area contributed by atoms with E-state index < -0.39 is 0 Å². The van der Waals surface area contributed by atoms with Gasteiger partial charge < -0.3 is 34.5 Å². The van der Waals surface area contributed by atoms with Gasteiger partial charge in [-0.1, -0.05) is 0 Å². The van der Waals surface area contributed by atoms with E-state index in [4.69, 9.17) is 9.72 Å². The SMILES string of the molecule is Cn1c(-c2ccnc(N3CCn4c(cc5c4CCCC5)C3=O)c2CO)c(Nc2ccc(N3CCNC[C@@]3(C)C3CCO3)cn2)ccc1=O. The molecule has 0 saturated carbocycles. The maximum absolute atomic E-state index is 13.9. The largest absolute Gasteiger partial charge is 0.392 e. The minimum Gasteiger partial charge on any atom is -0.392 e. The van der Waals surface area contributed by atoms with Crippen LogP contribution in [-0.4, -0.2) is 74.5 Å². The topological polar surface area (TPSA) is 130 Å². The van der Waals surface area contributed by atoms with Crippen LogP contribution in [0.25, 0.3) is 11.3 Å². The standard InChI is InChI=1S/C36H42N8O4/c1-36(30-12-18-48-30)22-37-14-15-44(36)24-7-9-31(39-20-24)40-27-8-10-32(46)41(2)33(27)25-11-13-38-34(26(25)21-45)43-17-16-42-28-6-4-3-5-23(28)19-29(42)35(43)47/h7-11,13,19-20,30,37,45H,3-6,12,14-18,21-22H2,1-2H3,(H,39,40)/t30?,36-/m0/s1. The molecule has 1 unspecified atom stereocenters. The van der Waals surface area contributed by atoms with Crippen molar-refractivity contribution in [3.05, 3.63) is 81.7 Å². The highest BCUT2D eigenvalue weighted by Gasteiger charge is 2.45. The molecule has 0 radical (unpaired) electrons. The molecular formula is C36H42N8O4. The van der Waals surface area contributed by atoms with Gasteiger partial charge in [-0.3, -0.25) is 14.5 Å². The van der Waals surface area contributed by atoms with Crippen LogP contribution in [0.4, 0.5) is 23.0 Å². The average Bonchev–Trinajstić information content (AvgIpc) is 3.46. The highest BCUT2D eigenvalue weighted by molar-refractivity contribution is 6.06. The molecule has 7 heterocycles. The number of hydrogen-bond donors (Lipinski definition) is 3. The number of nitrogens with zero attached hydrogens (tertiary/aromatic N) is 6. The summed E-state index contributed by atoms with van der Waals surface area (Å²) >= 11 is 0. The van der Waals surface area contributed by atoms with Gasteiger partial charge in [0.05, 0.1) is 41.5 Å². The monoisotopic (exact) mass is 650 g/mol.